The molecule has 0 N–H and O–H groups in total. The molecule has 134 valence electrons. The van der Waals surface area contributed by atoms with E-state index in [1.54, 1.807) is 6.20 Å². The number of benzene rings is 1. The zero-order valence-electron chi connectivity index (χ0n) is 15.2. The van der Waals surface area contributed by atoms with Crippen LogP contribution >= 0.6 is 0 Å². The Labute approximate surface area is 163 Å². The van der Waals surface area contributed by atoms with Crippen molar-refractivity contribution in [2.75, 3.05) is 0 Å². The summed E-state index contributed by atoms with van der Waals surface area (Å²) < 4.78 is 2.28. The van der Waals surface area contributed by atoms with Crippen molar-refractivity contribution in [3.05, 3.63) is 103 Å². The monoisotopic (exact) mass is 362 g/mol. The van der Waals surface area contributed by atoms with Gasteiger partial charge in [-0.15, -0.1) is 0 Å². The van der Waals surface area contributed by atoms with Crippen LogP contribution in [0.1, 0.15) is 5.56 Å². The second-order valence-electron chi connectivity index (χ2n) is 6.66. The van der Waals surface area contributed by atoms with E-state index >= 15 is 0 Å². The molecule has 0 amide bonds. The first-order chi connectivity index (χ1) is 13.9. The van der Waals surface area contributed by atoms with Gasteiger partial charge < -0.3 is 4.57 Å². The number of hydrogen-bond donors (Lipinski definition) is 0. The van der Waals surface area contributed by atoms with Gasteiger partial charge in [0.15, 0.2) is 0 Å². The molecular formula is C24H18N4. The molecule has 4 nitrogen and oxygen atoms in total. The molecule has 4 aromatic heterocycles. The van der Waals surface area contributed by atoms with Gasteiger partial charge in [-0.2, -0.15) is 0 Å². The third kappa shape index (κ3) is 3.05. The third-order valence-corrected chi connectivity index (χ3v) is 4.83. The fourth-order valence-electron chi connectivity index (χ4n) is 3.48. The highest BCUT2D eigenvalue weighted by Crippen LogP contribution is 2.29. The van der Waals surface area contributed by atoms with Crippen LogP contribution in [0.5, 0.6) is 0 Å². The molecule has 0 aliphatic heterocycles. The molecule has 4 heteroatoms. The first-order valence-electron chi connectivity index (χ1n) is 9.24. The summed E-state index contributed by atoms with van der Waals surface area (Å²) in [5.41, 5.74) is 6.11. The van der Waals surface area contributed by atoms with Crippen LogP contribution in [0.3, 0.4) is 0 Å². The highest BCUT2D eigenvalue weighted by atomic mass is 15.0. The Balaban J connectivity index is 1.68. The molecule has 28 heavy (non-hydrogen) atoms. The minimum Gasteiger partial charge on any atom is -0.333 e. The van der Waals surface area contributed by atoms with Crippen molar-refractivity contribution in [1.82, 2.24) is 19.5 Å². The van der Waals surface area contributed by atoms with Gasteiger partial charge in [-0.25, -0.2) is 0 Å². The van der Waals surface area contributed by atoms with E-state index in [0.29, 0.717) is 0 Å². The van der Waals surface area contributed by atoms with Crippen LogP contribution in [0, 0.1) is 0 Å². The van der Waals surface area contributed by atoms with Crippen molar-refractivity contribution in [3.8, 4) is 22.8 Å². The van der Waals surface area contributed by atoms with E-state index in [4.69, 9.17) is 0 Å². The van der Waals surface area contributed by atoms with Crippen LogP contribution in [0.2, 0.25) is 0 Å². The molecule has 0 bridgehead atoms. The maximum atomic E-state index is 4.68. The van der Waals surface area contributed by atoms with E-state index in [9.17, 15) is 0 Å². The SMILES string of the molecule is c1ccc(Cn2c(-c3ccccn3)cc3cc(-c4ccccn4)ncc32)cc1. The Morgan fingerprint density at radius 1 is 0.643 bits per heavy atom. The molecule has 0 aliphatic carbocycles. The number of hydrogen-bond acceptors (Lipinski definition) is 3. The van der Waals surface area contributed by atoms with Gasteiger partial charge in [-0.3, -0.25) is 15.0 Å². The predicted molar refractivity (Wildman–Crippen MR) is 112 cm³/mol. The quantitative estimate of drug-likeness (QED) is 0.441. The molecule has 0 atom stereocenters. The van der Waals surface area contributed by atoms with Crippen molar-refractivity contribution in [2.45, 2.75) is 6.54 Å². The molecule has 5 rings (SSSR count). The Hall–Kier alpha value is -3.79. The minimum atomic E-state index is 0.765. The van der Waals surface area contributed by atoms with Gasteiger partial charge in [-0.05, 0) is 42.0 Å². The Morgan fingerprint density at radius 3 is 2.07 bits per heavy atom. The normalized spacial score (nSPS) is 11.0. The van der Waals surface area contributed by atoms with Gasteiger partial charge in [-0.1, -0.05) is 42.5 Å². The van der Waals surface area contributed by atoms with Gasteiger partial charge in [0.2, 0.25) is 0 Å². The van der Waals surface area contributed by atoms with Gasteiger partial charge in [0, 0.05) is 24.3 Å². The molecular weight excluding hydrogens is 344 g/mol. The largest absolute Gasteiger partial charge is 0.333 e. The third-order valence-electron chi connectivity index (χ3n) is 4.83. The summed E-state index contributed by atoms with van der Waals surface area (Å²) in [7, 11) is 0. The average molecular weight is 362 g/mol. The molecule has 0 unspecified atom stereocenters. The number of fused-ring (bicyclic) bond motifs is 1. The Kier molecular flexibility index (Phi) is 4.14. The van der Waals surface area contributed by atoms with Crippen LogP contribution in [0.25, 0.3) is 33.7 Å². The molecule has 0 fully saturated rings. The van der Waals surface area contributed by atoms with Crippen LogP contribution in [0.4, 0.5) is 0 Å². The highest BCUT2D eigenvalue weighted by molar-refractivity contribution is 5.88. The van der Waals surface area contributed by atoms with Gasteiger partial charge >= 0.3 is 0 Å². The summed E-state index contributed by atoms with van der Waals surface area (Å²) >= 11 is 0. The minimum absolute atomic E-state index is 0.765. The number of aromatic nitrogens is 4. The van der Waals surface area contributed by atoms with E-state index in [0.717, 1.165) is 40.2 Å². The van der Waals surface area contributed by atoms with E-state index in [2.05, 4.69) is 55.9 Å². The van der Waals surface area contributed by atoms with Crippen LogP contribution < -0.4 is 0 Å². The zero-order valence-corrected chi connectivity index (χ0v) is 15.2. The standard InChI is InChI=1S/C24H18N4/c1-2-8-18(9-3-1)17-28-23(21-11-5-7-13-26-21)15-19-14-22(27-16-24(19)28)20-10-4-6-12-25-20/h1-16H,17H2. The molecule has 0 aliphatic rings. The topological polar surface area (TPSA) is 43.6 Å². The number of rotatable bonds is 4. The van der Waals surface area contributed by atoms with E-state index in [-0.39, 0.29) is 0 Å². The molecule has 0 saturated carbocycles. The second kappa shape index (κ2) is 7.08. The molecule has 0 spiro atoms. The van der Waals surface area contributed by atoms with E-state index in [1.807, 2.05) is 54.9 Å². The smallest absolute Gasteiger partial charge is 0.0893 e. The summed E-state index contributed by atoms with van der Waals surface area (Å²) in [5.74, 6) is 0. The van der Waals surface area contributed by atoms with Crippen LogP contribution in [-0.2, 0) is 6.54 Å². The van der Waals surface area contributed by atoms with E-state index < -0.39 is 0 Å². The van der Waals surface area contributed by atoms with Crippen LogP contribution in [0.15, 0.2) is 97.5 Å². The maximum Gasteiger partial charge on any atom is 0.0893 e. The lowest BCUT2D eigenvalue weighted by Gasteiger charge is -2.11. The molecule has 4 heterocycles. The Bertz CT molecular complexity index is 1210. The first-order valence-corrected chi connectivity index (χ1v) is 9.24. The van der Waals surface area contributed by atoms with Crippen molar-refractivity contribution in [1.29, 1.82) is 0 Å². The van der Waals surface area contributed by atoms with Crippen LogP contribution in [-0.4, -0.2) is 19.5 Å². The van der Waals surface area contributed by atoms with E-state index in [1.165, 1.54) is 5.56 Å². The summed E-state index contributed by atoms with van der Waals surface area (Å²) in [6.45, 7) is 0.765. The van der Waals surface area contributed by atoms with Crippen molar-refractivity contribution in [3.63, 3.8) is 0 Å². The first kappa shape index (κ1) is 16.4. The van der Waals surface area contributed by atoms with Crippen molar-refractivity contribution in [2.24, 2.45) is 0 Å². The zero-order chi connectivity index (χ0) is 18.8. The Morgan fingerprint density at radius 2 is 1.36 bits per heavy atom. The second-order valence-corrected chi connectivity index (χ2v) is 6.66. The molecule has 0 radical (unpaired) electrons. The highest BCUT2D eigenvalue weighted by Gasteiger charge is 2.14. The lowest BCUT2D eigenvalue weighted by atomic mass is 10.2. The van der Waals surface area contributed by atoms with Crippen molar-refractivity contribution >= 4 is 10.9 Å². The molecule has 5 aromatic rings. The van der Waals surface area contributed by atoms with Gasteiger partial charge in [0.25, 0.3) is 0 Å². The predicted octanol–water partition coefficient (Wildman–Crippen LogP) is 5.21. The van der Waals surface area contributed by atoms with Gasteiger partial charge in [0.05, 0.1) is 34.5 Å². The van der Waals surface area contributed by atoms with Gasteiger partial charge in [0.1, 0.15) is 0 Å². The number of pyridine rings is 3. The average Bonchev–Trinajstić information content (AvgIpc) is 3.13. The summed E-state index contributed by atoms with van der Waals surface area (Å²) in [6.07, 6.45) is 5.56. The fourth-order valence-corrected chi connectivity index (χ4v) is 3.48. The summed E-state index contributed by atoms with van der Waals surface area (Å²) in [6, 6.07) is 26.6. The lowest BCUT2D eigenvalue weighted by molar-refractivity contribution is 0.840. The molecule has 1 aromatic carbocycles. The summed E-state index contributed by atoms with van der Waals surface area (Å²) in [5, 5.41) is 1.13. The lowest BCUT2D eigenvalue weighted by Crippen LogP contribution is -2.02. The molecule has 0 saturated heterocycles. The summed E-state index contributed by atoms with van der Waals surface area (Å²) in [4.78, 5) is 13.7. The van der Waals surface area contributed by atoms with Crippen molar-refractivity contribution < 1.29 is 0 Å². The number of nitrogens with zero attached hydrogens (tertiary/aromatic N) is 4. The fraction of sp³-hybridized carbons (Fsp3) is 0.0417. The maximum absolute atomic E-state index is 4.68.